The number of aryl methyl sites for hydroxylation is 1. The van der Waals surface area contributed by atoms with Crippen molar-refractivity contribution in [2.24, 2.45) is 4.99 Å². The number of aromatic nitrogens is 1. The molecule has 5 nitrogen and oxygen atoms in total. The Morgan fingerprint density at radius 3 is 2.43 bits per heavy atom. The van der Waals surface area contributed by atoms with Crippen molar-refractivity contribution in [1.29, 1.82) is 0 Å². The van der Waals surface area contributed by atoms with Gasteiger partial charge in [-0.15, -0.1) is 0 Å². The van der Waals surface area contributed by atoms with E-state index in [0.29, 0.717) is 11.2 Å². The van der Waals surface area contributed by atoms with Crippen LogP contribution in [0.4, 0.5) is 5.69 Å². The van der Waals surface area contributed by atoms with Gasteiger partial charge in [-0.1, -0.05) is 36.5 Å². The molecule has 0 aliphatic carbocycles. The highest BCUT2D eigenvalue weighted by Crippen LogP contribution is 2.23. The van der Waals surface area contributed by atoms with E-state index in [1.807, 2.05) is 37.3 Å². The van der Waals surface area contributed by atoms with Crippen LogP contribution in [0.25, 0.3) is 0 Å². The third-order valence-corrected chi connectivity index (χ3v) is 3.87. The lowest BCUT2D eigenvalue weighted by molar-refractivity contribution is -0.132. The van der Waals surface area contributed by atoms with Crippen LogP contribution >= 0.6 is 11.3 Å². The van der Waals surface area contributed by atoms with E-state index in [1.165, 1.54) is 29.8 Å². The number of hydrogen-bond donors (Lipinski definition) is 0. The fourth-order valence-corrected chi connectivity index (χ4v) is 2.88. The fraction of sp³-hybridized carbons (Fsp3) is 0.267. The van der Waals surface area contributed by atoms with Gasteiger partial charge in [-0.2, -0.15) is 0 Å². The Kier molecular flexibility index (Phi) is 4.70. The highest BCUT2D eigenvalue weighted by Gasteiger charge is 2.18. The molecule has 21 heavy (non-hydrogen) atoms. The first kappa shape index (κ1) is 15.2. The molecule has 0 amide bonds. The minimum Gasteiger partial charge on any atom is -0.408 e. The predicted octanol–water partition coefficient (Wildman–Crippen LogP) is 2.93. The molecule has 2 aromatic rings. The molecule has 0 fully saturated rings. The summed E-state index contributed by atoms with van der Waals surface area (Å²) in [4.78, 5) is 28.9. The normalized spacial score (nSPS) is 11.5. The lowest BCUT2D eigenvalue weighted by Crippen LogP contribution is -2.22. The number of hydrogen-bond acceptors (Lipinski definition) is 5. The summed E-state index contributed by atoms with van der Waals surface area (Å²) < 4.78 is 6.55. The van der Waals surface area contributed by atoms with Gasteiger partial charge in [-0.05, 0) is 18.6 Å². The van der Waals surface area contributed by atoms with E-state index in [1.54, 1.807) is 0 Å². The largest absolute Gasteiger partial charge is 0.408 e. The number of nitrogens with zero attached hydrogens (tertiary/aromatic N) is 2. The molecule has 0 bridgehead atoms. The molecule has 6 heteroatoms. The zero-order chi connectivity index (χ0) is 15.4. The van der Waals surface area contributed by atoms with Crippen LogP contribution in [0.2, 0.25) is 0 Å². The molecule has 1 aromatic heterocycles. The molecule has 0 N–H and O–H groups in total. The maximum Gasteiger partial charge on any atom is 0.309 e. The van der Waals surface area contributed by atoms with E-state index in [9.17, 15) is 9.59 Å². The minimum atomic E-state index is -0.455. The van der Waals surface area contributed by atoms with Crippen LogP contribution in [0, 0.1) is 0 Å². The molecule has 0 atom stereocenters. The minimum absolute atomic E-state index is 0.239. The van der Waals surface area contributed by atoms with Gasteiger partial charge in [0.2, 0.25) is 11.8 Å². The van der Waals surface area contributed by atoms with E-state index in [-0.39, 0.29) is 11.8 Å². The average molecular weight is 304 g/mol. The molecule has 0 saturated heterocycles. The highest BCUT2D eigenvalue weighted by molar-refractivity contribution is 7.09. The summed E-state index contributed by atoms with van der Waals surface area (Å²) in [5.74, 6) is -0.419. The Morgan fingerprint density at radius 2 is 1.90 bits per heavy atom. The van der Waals surface area contributed by atoms with Crippen LogP contribution in [0.5, 0.6) is 5.88 Å². The van der Waals surface area contributed by atoms with Crippen LogP contribution < -0.4 is 9.54 Å². The Hall–Kier alpha value is -2.21. The molecule has 0 aliphatic heterocycles. The van der Waals surface area contributed by atoms with Crippen LogP contribution in [-0.4, -0.2) is 16.4 Å². The van der Waals surface area contributed by atoms with E-state index in [0.717, 1.165) is 10.6 Å². The summed E-state index contributed by atoms with van der Waals surface area (Å²) in [7, 11) is 0. The van der Waals surface area contributed by atoms with Gasteiger partial charge >= 0.3 is 5.97 Å². The van der Waals surface area contributed by atoms with E-state index in [2.05, 4.69) is 4.99 Å². The maximum atomic E-state index is 11.9. The van der Waals surface area contributed by atoms with Crippen LogP contribution in [-0.2, 0) is 11.2 Å². The summed E-state index contributed by atoms with van der Waals surface area (Å²) in [5, 5.41) is 0. The molecule has 0 unspecified atom stereocenters. The van der Waals surface area contributed by atoms with Crippen LogP contribution in [0.15, 0.2) is 35.3 Å². The number of benzene rings is 1. The fourth-order valence-electron chi connectivity index (χ4n) is 1.84. The van der Waals surface area contributed by atoms with Crippen molar-refractivity contribution in [3.8, 4) is 5.88 Å². The molecule has 0 aliphatic rings. The highest BCUT2D eigenvalue weighted by atomic mass is 32.1. The van der Waals surface area contributed by atoms with Crippen LogP contribution in [0.3, 0.4) is 0 Å². The number of carbonyl (C=O) groups is 2. The second-order valence-corrected chi connectivity index (χ2v) is 5.42. The lowest BCUT2D eigenvalue weighted by Gasteiger charge is -2.05. The lowest BCUT2D eigenvalue weighted by atomic mass is 10.3. The van der Waals surface area contributed by atoms with Crippen molar-refractivity contribution in [1.82, 2.24) is 4.57 Å². The van der Waals surface area contributed by atoms with Crippen molar-refractivity contribution in [2.45, 2.75) is 27.2 Å². The van der Waals surface area contributed by atoms with Crippen molar-refractivity contribution in [2.75, 3.05) is 0 Å². The molecule has 0 radical (unpaired) electrons. The quantitative estimate of drug-likeness (QED) is 0.819. The third-order valence-electron chi connectivity index (χ3n) is 2.70. The standard InChI is InChI=1S/C15H16N2O3S/c1-4-13-14(20-11(3)19)17(10(2)18)15(21-13)16-12-8-6-5-7-9-12/h5-9H,4H2,1-3H3. The maximum absolute atomic E-state index is 11.9. The molecular weight excluding hydrogens is 288 g/mol. The summed E-state index contributed by atoms with van der Waals surface area (Å²) in [5.41, 5.74) is 0.741. The molecule has 2 rings (SSSR count). The summed E-state index contributed by atoms with van der Waals surface area (Å²) in [6.45, 7) is 4.67. The molecule has 1 heterocycles. The SMILES string of the molecule is CCc1sc(=Nc2ccccc2)n(C(C)=O)c1OC(C)=O. The van der Waals surface area contributed by atoms with E-state index < -0.39 is 5.97 Å². The number of ether oxygens (including phenoxy) is 1. The van der Waals surface area contributed by atoms with Gasteiger partial charge in [0, 0.05) is 13.8 Å². The molecule has 0 saturated carbocycles. The van der Waals surface area contributed by atoms with Gasteiger partial charge in [-0.25, -0.2) is 9.56 Å². The number of esters is 1. The molecule has 1 aromatic carbocycles. The zero-order valence-electron chi connectivity index (χ0n) is 12.1. The van der Waals surface area contributed by atoms with Gasteiger partial charge in [0.25, 0.3) is 0 Å². The van der Waals surface area contributed by atoms with E-state index >= 15 is 0 Å². The van der Waals surface area contributed by atoms with E-state index in [4.69, 9.17) is 4.74 Å². The second-order valence-electron chi connectivity index (χ2n) is 4.36. The predicted molar refractivity (Wildman–Crippen MR) is 81.0 cm³/mol. The van der Waals surface area contributed by atoms with Gasteiger partial charge < -0.3 is 4.74 Å². The van der Waals surface area contributed by atoms with Gasteiger partial charge in [0.15, 0.2) is 4.80 Å². The first-order valence-corrected chi connectivity index (χ1v) is 7.38. The molecular formula is C15H16N2O3S. The van der Waals surface area contributed by atoms with Crippen molar-refractivity contribution in [3.63, 3.8) is 0 Å². The topological polar surface area (TPSA) is 60.7 Å². The monoisotopic (exact) mass is 304 g/mol. The summed E-state index contributed by atoms with van der Waals surface area (Å²) >= 11 is 1.35. The smallest absolute Gasteiger partial charge is 0.309 e. The Morgan fingerprint density at radius 1 is 1.24 bits per heavy atom. The van der Waals surface area contributed by atoms with Crippen molar-refractivity contribution < 1.29 is 14.3 Å². The van der Waals surface area contributed by atoms with Gasteiger partial charge in [0.1, 0.15) is 0 Å². The van der Waals surface area contributed by atoms with Gasteiger partial charge in [-0.3, -0.25) is 9.59 Å². The van der Waals surface area contributed by atoms with Gasteiger partial charge in [0.05, 0.1) is 10.6 Å². The van der Waals surface area contributed by atoms with Crippen molar-refractivity contribution in [3.05, 3.63) is 40.0 Å². The summed E-state index contributed by atoms with van der Waals surface area (Å²) in [6, 6.07) is 9.34. The molecule has 0 spiro atoms. The Bertz CT molecular complexity index is 729. The number of rotatable bonds is 3. The Balaban J connectivity index is 2.66. The third kappa shape index (κ3) is 3.46. The first-order valence-electron chi connectivity index (χ1n) is 6.56. The van der Waals surface area contributed by atoms with Crippen LogP contribution in [0.1, 0.15) is 30.4 Å². The molecule has 110 valence electrons. The second kappa shape index (κ2) is 6.49. The number of thiazole rings is 1. The first-order chi connectivity index (χ1) is 10.0. The average Bonchev–Trinajstić information content (AvgIpc) is 2.76. The van der Waals surface area contributed by atoms with Crippen molar-refractivity contribution >= 4 is 28.9 Å². The Labute approximate surface area is 126 Å². The zero-order valence-corrected chi connectivity index (χ0v) is 12.9. The number of carbonyl (C=O) groups excluding carboxylic acids is 2. The summed E-state index contributed by atoms with van der Waals surface area (Å²) in [6.07, 6.45) is 0.658. The number of para-hydroxylation sites is 1.